The van der Waals surface area contributed by atoms with E-state index in [1.54, 1.807) is 16.3 Å². The van der Waals surface area contributed by atoms with Crippen molar-refractivity contribution in [1.82, 2.24) is 19.5 Å². The number of thioether (sulfide) groups is 1. The highest BCUT2D eigenvalue weighted by Crippen LogP contribution is 2.33. The molecule has 2 aromatic heterocycles. The summed E-state index contributed by atoms with van der Waals surface area (Å²) < 4.78 is 7.27. The molecule has 0 aliphatic carbocycles. The number of unbranched alkanes of at least 4 members (excludes halogenated alkanes) is 3. The van der Waals surface area contributed by atoms with Crippen molar-refractivity contribution in [3.63, 3.8) is 0 Å². The van der Waals surface area contributed by atoms with Gasteiger partial charge in [-0.2, -0.15) is 0 Å². The summed E-state index contributed by atoms with van der Waals surface area (Å²) in [5.41, 5.74) is 1.13. The second-order valence-electron chi connectivity index (χ2n) is 7.24. The molecule has 4 atom stereocenters. The molecular formula is C19H31N5O4S. The molecule has 0 aromatic carbocycles. The van der Waals surface area contributed by atoms with Crippen LogP contribution in [0.5, 0.6) is 0 Å². The monoisotopic (exact) mass is 425 g/mol. The number of rotatable bonds is 11. The van der Waals surface area contributed by atoms with E-state index in [9.17, 15) is 15.3 Å². The van der Waals surface area contributed by atoms with Gasteiger partial charge in [0.15, 0.2) is 28.4 Å². The number of aromatic nitrogens is 4. The number of nitrogens with zero attached hydrogens (tertiary/aromatic N) is 4. The normalized spacial score (nSPS) is 24.4. The molecule has 0 unspecified atom stereocenters. The van der Waals surface area contributed by atoms with Gasteiger partial charge in [-0.1, -0.05) is 44.9 Å². The summed E-state index contributed by atoms with van der Waals surface area (Å²) in [6.07, 6.45) is 3.06. The molecule has 1 fully saturated rings. The summed E-state index contributed by atoms with van der Waals surface area (Å²) in [6.45, 7) is 4.70. The van der Waals surface area contributed by atoms with E-state index >= 15 is 0 Å². The van der Waals surface area contributed by atoms with Crippen LogP contribution < -0.4 is 5.32 Å². The topological polar surface area (TPSA) is 126 Å². The van der Waals surface area contributed by atoms with Gasteiger partial charge in [0.1, 0.15) is 18.3 Å². The van der Waals surface area contributed by atoms with E-state index in [1.165, 1.54) is 19.2 Å². The number of aliphatic hydroxyl groups is 3. The molecule has 0 radical (unpaired) electrons. The zero-order chi connectivity index (χ0) is 20.8. The average molecular weight is 426 g/mol. The van der Waals surface area contributed by atoms with Crippen molar-refractivity contribution in [3.05, 3.63) is 6.33 Å². The zero-order valence-electron chi connectivity index (χ0n) is 17.0. The summed E-state index contributed by atoms with van der Waals surface area (Å²) in [5, 5.41) is 33.9. The van der Waals surface area contributed by atoms with Crippen molar-refractivity contribution < 1.29 is 20.1 Å². The quantitative estimate of drug-likeness (QED) is 0.243. The van der Waals surface area contributed by atoms with Crippen LogP contribution in [-0.4, -0.2) is 72.1 Å². The lowest BCUT2D eigenvalue weighted by Gasteiger charge is -2.17. The van der Waals surface area contributed by atoms with Gasteiger partial charge in [-0.3, -0.25) is 4.57 Å². The SMILES string of the molecule is CCCCCCNc1nc(SCCC)nc2c1ncn2[C@@H]1O[C@H](CO)[C@@H](O)[C@H]1O. The maximum atomic E-state index is 10.4. The minimum absolute atomic E-state index is 0.376. The molecule has 1 aliphatic rings. The Morgan fingerprint density at radius 1 is 1.14 bits per heavy atom. The fourth-order valence-electron chi connectivity index (χ4n) is 3.33. The van der Waals surface area contributed by atoms with Gasteiger partial charge < -0.3 is 25.4 Å². The van der Waals surface area contributed by atoms with Crippen molar-refractivity contribution in [2.75, 3.05) is 24.2 Å². The van der Waals surface area contributed by atoms with E-state index in [0.717, 1.165) is 31.6 Å². The third-order valence-corrected chi connectivity index (χ3v) is 6.00. The zero-order valence-corrected chi connectivity index (χ0v) is 17.8. The molecule has 1 aliphatic heterocycles. The number of nitrogens with one attached hydrogen (secondary N) is 1. The number of aliphatic hydroxyl groups excluding tert-OH is 3. The van der Waals surface area contributed by atoms with Crippen LogP contribution in [-0.2, 0) is 4.74 Å². The lowest BCUT2D eigenvalue weighted by atomic mass is 10.1. The van der Waals surface area contributed by atoms with Crippen molar-refractivity contribution in [2.45, 2.75) is 75.6 Å². The Hall–Kier alpha value is -1.46. The Morgan fingerprint density at radius 2 is 1.97 bits per heavy atom. The van der Waals surface area contributed by atoms with Gasteiger partial charge in [0.2, 0.25) is 0 Å². The summed E-state index contributed by atoms with van der Waals surface area (Å²) >= 11 is 1.56. The second-order valence-corrected chi connectivity index (χ2v) is 8.31. The lowest BCUT2D eigenvalue weighted by Crippen LogP contribution is -2.33. The lowest BCUT2D eigenvalue weighted by molar-refractivity contribution is -0.0511. The van der Waals surface area contributed by atoms with Crippen LogP contribution >= 0.6 is 11.8 Å². The maximum absolute atomic E-state index is 10.4. The van der Waals surface area contributed by atoms with Gasteiger partial charge in [-0.05, 0) is 12.8 Å². The molecule has 3 heterocycles. The van der Waals surface area contributed by atoms with Crippen LogP contribution in [0.25, 0.3) is 11.2 Å². The number of imidazole rings is 1. The second kappa shape index (κ2) is 10.5. The minimum Gasteiger partial charge on any atom is -0.394 e. The highest BCUT2D eigenvalue weighted by atomic mass is 32.2. The molecule has 1 saturated heterocycles. The molecule has 4 N–H and O–H groups in total. The predicted molar refractivity (Wildman–Crippen MR) is 112 cm³/mol. The molecule has 0 bridgehead atoms. The molecule has 10 heteroatoms. The number of fused-ring (bicyclic) bond motifs is 1. The first-order chi connectivity index (χ1) is 14.1. The average Bonchev–Trinajstić information content (AvgIpc) is 3.27. The molecule has 9 nitrogen and oxygen atoms in total. The van der Waals surface area contributed by atoms with E-state index in [2.05, 4.69) is 34.1 Å². The number of hydrogen-bond acceptors (Lipinski definition) is 9. The Kier molecular flexibility index (Phi) is 8.07. The van der Waals surface area contributed by atoms with Gasteiger partial charge in [-0.25, -0.2) is 15.0 Å². The number of ether oxygens (including phenoxy) is 1. The smallest absolute Gasteiger partial charge is 0.191 e. The van der Waals surface area contributed by atoms with Crippen LogP contribution in [0.15, 0.2) is 11.5 Å². The molecule has 0 spiro atoms. The highest BCUT2D eigenvalue weighted by Gasteiger charge is 2.44. The molecular weight excluding hydrogens is 394 g/mol. The molecule has 29 heavy (non-hydrogen) atoms. The summed E-state index contributed by atoms with van der Waals surface area (Å²) in [4.78, 5) is 13.7. The van der Waals surface area contributed by atoms with Gasteiger partial charge in [0, 0.05) is 12.3 Å². The number of anilines is 1. The predicted octanol–water partition coefficient (Wildman–Crippen LogP) is 1.93. The van der Waals surface area contributed by atoms with Crippen LogP contribution in [0, 0.1) is 0 Å². The van der Waals surface area contributed by atoms with E-state index in [-0.39, 0.29) is 6.61 Å². The Labute approximate surface area is 174 Å². The van der Waals surface area contributed by atoms with E-state index in [1.807, 2.05) is 0 Å². The fourth-order valence-corrected chi connectivity index (χ4v) is 4.03. The molecule has 162 valence electrons. The third-order valence-electron chi connectivity index (χ3n) is 4.95. The van der Waals surface area contributed by atoms with E-state index < -0.39 is 24.5 Å². The van der Waals surface area contributed by atoms with Gasteiger partial charge in [0.25, 0.3) is 0 Å². The van der Waals surface area contributed by atoms with Crippen LogP contribution in [0.1, 0.15) is 52.2 Å². The molecule has 0 amide bonds. The Morgan fingerprint density at radius 3 is 2.66 bits per heavy atom. The number of hydrogen-bond donors (Lipinski definition) is 4. The van der Waals surface area contributed by atoms with Gasteiger partial charge in [-0.15, -0.1) is 0 Å². The molecule has 3 rings (SSSR count). The fraction of sp³-hybridized carbons (Fsp3) is 0.737. The third kappa shape index (κ3) is 5.00. The van der Waals surface area contributed by atoms with Gasteiger partial charge in [0.05, 0.1) is 12.9 Å². The Bertz CT molecular complexity index is 789. The largest absolute Gasteiger partial charge is 0.394 e. The van der Waals surface area contributed by atoms with Crippen molar-refractivity contribution >= 4 is 28.7 Å². The maximum Gasteiger partial charge on any atom is 0.191 e. The highest BCUT2D eigenvalue weighted by molar-refractivity contribution is 7.99. The van der Waals surface area contributed by atoms with Crippen LogP contribution in [0.3, 0.4) is 0 Å². The minimum atomic E-state index is -1.18. The molecule has 2 aromatic rings. The van der Waals surface area contributed by atoms with Crippen LogP contribution in [0.2, 0.25) is 0 Å². The van der Waals surface area contributed by atoms with Crippen molar-refractivity contribution in [2.24, 2.45) is 0 Å². The standard InChI is InChI=1S/C19H31N5O4S/c1-3-5-6-7-8-20-16-13-17(23-19(22-16)29-9-4-2)24(11-21-13)18-15(27)14(26)12(10-25)28-18/h11-12,14-15,18,25-27H,3-10H2,1-2H3,(H,20,22,23)/t12-,14-,15-,18-/m1/s1. The first-order valence-corrected chi connectivity index (χ1v) is 11.3. The summed E-state index contributed by atoms with van der Waals surface area (Å²) in [7, 11) is 0. The van der Waals surface area contributed by atoms with Gasteiger partial charge >= 0.3 is 0 Å². The van der Waals surface area contributed by atoms with Crippen molar-refractivity contribution in [3.8, 4) is 0 Å². The van der Waals surface area contributed by atoms with Crippen LogP contribution in [0.4, 0.5) is 5.82 Å². The summed E-state index contributed by atoms with van der Waals surface area (Å²) in [6, 6.07) is 0. The first kappa shape index (κ1) is 22.2. The Balaban J connectivity index is 1.89. The molecule has 0 saturated carbocycles. The van der Waals surface area contributed by atoms with Crippen molar-refractivity contribution in [1.29, 1.82) is 0 Å². The van der Waals surface area contributed by atoms with E-state index in [0.29, 0.717) is 22.1 Å². The first-order valence-electron chi connectivity index (χ1n) is 10.3. The summed E-state index contributed by atoms with van der Waals surface area (Å²) in [5.74, 6) is 1.55. The van der Waals surface area contributed by atoms with E-state index in [4.69, 9.17) is 4.74 Å².